The highest BCUT2D eigenvalue weighted by Gasteiger charge is 2.32. The molecule has 1 aliphatic rings. The highest BCUT2D eigenvalue weighted by molar-refractivity contribution is 7.99. The molecule has 1 aliphatic heterocycles. The van der Waals surface area contributed by atoms with Crippen molar-refractivity contribution < 1.29 is 38.8 Å². The molecule has 1 saturated heterocycles. The van der Waals surface area contributed by atoms with Crippen molar-refractivity contribution >= 4 is 41.2 Å². The van der Waals surface area contributed by atoms with E-state index in [1.807, 2.05) is 0 Å². The second-order valence-corrected chi connectivity index (χ2v) is 8.84. The van der Waals surface area contributed by atoms with E-state index in [0.717, 1.165) is 24.3 Å². The van der Waals surface area contributed by atoms with Gasteiger partial charge in [-0.15, -0.1) is 5.06 Å². The first-order valence-electron chi connectivity index (χ1n) is 11.0. The topological polar surface area (TPSA) is 153 Å². The van der Waals surface area contributed by atoms with Crippen molar-refractivity contribution in [2.75, 3.05) is 11.5 Å². The van der Waals surface area contributed by atoms with Crippen LogP contribution in [0.25, 0.3) is 0 Å². The van der Waals surface area contributed by atoms with E-state index in [9.17, 15) is 29.3 Å². The fourth-order valence-corrected chi connectivity index (χ4v) is 4.11. The van der Waals surface area contributed by atoms with Crippen molar-refractivity contribution in [1.82, 2.24) is 5.06 Å². The summed E-state index contributed by atoms with van der Waals surface area (Å²) in [5.74, 6) is -0.263. The standard InChI is InChI=1S/C22H28N2O9S/c25-14-17-8-7-16(13-18(17)24(30)31)15-32-21(28)5-1-3-11-34-12-4-2-6-22(29)33-23-19(26)9-10-20(23)27/h7-8,13,25H,1-6,9-12,14-15H2. The predicted molar refractivity (Wildman–Crippen MR) is 121 cm³/mol. The minimum atomic E-state index is -0.592. The van der Waals surface area contributed by atoms with E-state index >= 15 is 0 Å². The van der Waals surface area contributed by atoms with Crippen molar-refractivity contribution in [1.29, 1.82) is 0 Å². The van der Waals surface area contributed by atoms with Crippen molar-refractivity contribution in [2.45, 2.75) is 64.6 Å². The van der Waals surface area contributed by atoms with Crippen molar-refractivity contribution in [2.24, 2.45) is 0 Å². The lowest BCUT2D eigenvalue weighted by molar-refractivity contribution is -0.385. The van der Waals surface area contributed by atoms with E-state index in [1.165, 1.54) is 12.1 Å². The van der Waals surface area contributed by atoms with Gasteiger partial charge in [-0.1, -0.05) is 6.07 Å². The van der Waals surface area contributed by atoms with E-state index in [2.05, 4.69) is 0 Å². The summed E-state index contributed by atoms with van der Waals surface area (Å²) in [5.41, 5.74) is 0.477. The quantitative estimate of drug-likeness (QED) is 0.126. The summed E-state index contributed by atoms with van der Waals surface area (Å²) in [6.07, 6.45) is 3.37. The molecule has 1 fully saturated rings. The first kappa shape index (κ1) is 27.3. The molecule has 186 valence electrons. The third-order valence-corrected chi connectivity index (χ3v) is 6.11. The molecule has 0 bridgehead atoms. The molecule has 34 heavy (non-hydrogen) atoms. The second kappa shape index (κ2) is 14.3. The largest absolute Gasteiger partial charge is 0.461 e. The van der Waals surface area contributed by atoms with Crippen LogP contribution in [0.5, 0.6) is 0 Å². The Morgan fingerprint density at radius 3 is 2.24 bits per heavy atom. The summed E-state index contributed by atoms with van der Waals surface area (Å²) in [4.78, 5) is 61.6. The predicted octanol–water partition coefficient (Wildman–Crippen LogP) is 2.81. The zero-order chi connectivity index (χ0) is 24.9. The second-order valence-electron chi connectivity index (χ2n) is 7.61. The van der Waals surface area contributed by atoms with Crippen LogP contribution in [0.1, 0.15) is 62.5 Å². The van der Waals surface area contributed by atoms with Crippen LogP contribution in [0.4, 0.5) is 5.69 Å². The number of hydroxylamine groups is 2. The Morgan fingerprint density at radius 1 is 1.03 bits per heavy atom. The molecule has 0 aromatic heterocycles. The zero-order valence-electron chi connectivity index (χ0n) is 18.7. The van der Waals surface area contributed by atoms with E-state index < -0.39 is 29.3 Å². The molecule has 0 spiro atoms. The Bertz CT molecular complexity index is 890. The lowest BCUT2D eigenvalue weighted by Crippen LogP contribution is -2.31. The van der Waals surface area contributed by atoms with Gasteiger partial charge in [0.15, 0.2) is 0 Å². The number of benzene rings is 1. The minimum Gasteiger partial charge on any atom is -0.461 e. The summed E-state index contributed by atoms with van der Waals surface area (Å²) in [7, 11) is 0. The molecule has 0 radical (unpaired) electrons. The van der Waals surface area contributed by atoms with E-state index in [-0.39, 0.29) is 49.5 Å². The molecule has 2 rings (SSSR count). The fourth-order valence-electron chi connectivity index (χ4n) is 3.09. The molecular formula is C22H28N2O9S. The number of imide groups is 1. The van der Waals surface area contributed by atoms with Gasteiger partial charge >= 0.3 is 11.9 Å². The van der Waals surface area contributed by atoms with Gasteiger partial charge in [-0.3, -0.25) is 24.5 Å². The Labute approximate surface area is 200 Å². The van der Waals surface area contributed by atoms with Crippen molar-refractivity contribution in [3.8, 4) is 0 Å². The molecule has 0 atom stereocenters. The third-order valence-electron chi connectivity index (χ3n) is 4.95. The number of nitrogens with zero attached hydrogens (tertiary/aromatic N) is 2. The maximum Gasteiger partial charge on any atom is 0.333 e. The fraction of sp³-hybridized carbons (Fsp3) is 0.545. The summed E-state index contributed by atoms with van der Waals surface area (Å²) in [6, 6.07) is 4.31. The number of esters is 1. The number of nitro groups is 1. The number of ether oxygens (including phenoxy) is 1. The molecule has 12 heteroatoms. The monoisotopic (exact) mass is 496 g/mol. The molecule has 0 saturated carbocycles. The van der Waals surface area contributed by atoms with Crippen LogP contribution >= 0.6 is 11.8 Å². The highest BCUT2D eigenvalue weighted by atomic mass is 32.2. The SMILES string of the molecule is O=C(CCCCSCCCCC(=O)ON1C(=O)CCC1=O)OCc1ccc(CO)c([N+](=O)[O-])c1. The van der Waals surface area contributed by atoms with Gasteiger partial charge in [0, 0.05) is 31.7 Å². The van der Waals surface area contributed by atoms with Crippen molar-refractivity contribution in [3.63, 3.8) is 0 Å². The summed E-state index contributed by atoms with van der Waals surface area (Å²) in [6.45, 7) is -0.507. The number of hydrogen-bond donors (Lipinski definition) is 1. The first-order valence-corrected chi connectivity index (χ1v) is 12.1. The van der Waals surface area contributed by atoms with Gasteiger partial charge in [-0.05, 0) is 48.8 Å². The number of carbonyl (C=O) groups excluding carboxylic acids is 4. The Balaban J connectivity index is 1.48. The number of aliphatic hydroxyl groups excluding tert-OH is 1. The van der Waals surface area contributed by atoms with Crippen LogP contribution in [-0.2, 0) is 42.0 Å². The smallest absolute Gasteiger partial charge is 0.333 e. The molecule has 0 aliphatic carbocycles. The Kier molecular flexibility index (Phi) is 11.5. The van der Waals surface area contributed by atoms with Gasteiger partial charge in [0.1, 0.15) is 6.61 Å². The number of rotatable bonds is 15. The van der Waals surface area contributed by atoms with Gasteiger partial charge in [0.2, 0.25) is 0 Å². The van der Waals surface area contributed by atoms with E-state index in [1.54, 1.807) is 17.8 Å². The highest BCUT2D eigenvalue weighted by Crippen LogP contribution is 2.21. The first-order chi connectivity index (χ1) is 16.3. The van der Waals surface area contributed by atoms with Gasteiger partial charge in [0.05, 0.1) is 17.1 Å². The molecule has 2 amide bonds. The van der Waals surface area contributed by atoms with Crippen LogP contribution in [0.15, 0.2) is 18.2 Å². The molecule has 1 N–H and O–H groups in total. The minimum absolute atomic E-state index is 0.0668. The summed E-state index contributed by atoms with van der Waals surface area (Å²) < 4.78 is 5.16. The van der Waals surface area contributed by atoms with Gasteiger partial charge in [-0.2, -0.15) is 11.8 Å². The Morgan fingerprint density at radius 2 is 1.65 bits per heavy atom. The van der Waals surface area contributed by atoms with Crippen molar-refractivity contribution in [3.05, 3.63) is 39.4 Å². The number of nitro benzene ring substituents is 1. The molecule has 0 unspecified atom stereocenters. The van der Waals surface area contributed by atoms with Crippen LogP contribution in [0.3, 0.4) is 0 Å². The number of aliphatic hydroxyl groups is 1. The van der Waals surface area contributed by atoms with E-state index in [0.29, 0.717) is 23.5 Å². The number of carbonyl (C=O) groups is 4. The van der Waals surface area contributed by atoms with Crippen LogP contribution < -0.4 is 0 Å². The van der Waals surface area contributed by atoms with Gasteiger partial charge in [0.25, 0.3) is 17.5 Å². The van der Waals surface area contributed by atoms with E-state index in [4.69, 9.17) is 14.7 Å². The van der Waals surface area contributed by atoms with Crippen LogP contribution in [0, 0.1) is 10.1 Å². The average Bonchev–Trinajstić information content (AvgIpc) is 3.13. The van der Waals surface area contributed by atoms with Crippen LogP contribution in [0.2, 0.25) is 0 Å². The average molecular weight is 497 g/mol. The summed E-state index contributed by atoms with van der Waals surface area (Å²) >= 11 is 1.70. The lowest BCUT2D eigenvalue weighted by Gasteiger charge is -2.12. The molecule has 1 aromatic rings. The van der Waals surface area contributed by atoms with Crippen LogP contribution in [-0.4, -0.2) is 50.4 Å². The number of thioether (sulfide) groups is 1. The lowest BCUT2D eigenvalue weighted by atomic mass is 10.1. The molecular weight excluding hydrogens is 468 g/mol. The third kappa shape index (κ3) is 9.10. The maximum absolute atomic E-state index is 11.9. The Hall–Kier alpha value is -2.99. The zero-order valence-corrected chi connectivity index (χ0v) is 19.5. The van der Waals surface area contributed by atoms with Gasteiger partial charge in [-0.25, -0.2) is 4.79 Å². The van der Waals surface area contributed by atoms with Gasteiger partial charge < -0.3 is 14.7 Å². The molecule has 11 nitrogen and oxygen atoms in total. The number of hydrogen-bond acceptors (Lipinski definition) is 10. The summed E-state index contributed by atoms with van der Waals surface area (Å²) in [5, 5.41) is 20.7. The maximum atomic E-state index is 11.9. The number of unbranched alkanes of at least 4 members (excludes halogenated alkanes) is 2. The number of amides is 2. The molecule has 1 aromatic carbocycles. The normalized spacial score (nSPS) is 13.3. The molecule has 1 heterocycles.